The lowest BCUT2D eigenvalue weighted by Gasteiger charge is -2.06. The maximum atomic E-state index is 12.9. The van der Waals surface area contributed by atoms with Gasteiger partial charge in [-0.2, -0.15) is 4.98 Å². The van der Waals surface area contributed by atoms with E-state index in [-0.39, 0.29) is 11.8 Å². The number of aryl methyl sites for hydroxylation is 1. The molecule has 0 atom stereocenters. The average molecular weight is 242 g/mol. The van der Waals surface area contributed by atoms with Gasteiger partial charge in [-0.25, -0.2) is 8.91 Å². The molecule has 3 rings (SSSR count). The number of hydrogen-bond acceptors (Lipinski definition) is 3. The number of aromatic nitrogens is 3. The van der Waals surface area contributed by atoms with Crippen LogP contribution in [0.1, 0.15) is 5.56 Å². The molecule has 0 aliphatic heterocycles. The normalized spacial score (nSPS) is 11.0. The van der Waals surface area contributed by atoms with Gasteiger partial charge in [0.25, 0.3) is 0 Å². The number of rotatable bonds is 1. The molecule has 5 heteroatoms. The Morgan fingerprint density at radius 1 is 1.22 bits per heavy atom. The van der Waals surface area contributed by atoms with Gasteiger partial charge in [-0.3, -0.25) is 0 Å². The Balaban J connectivity index is 2.21. The highest BCUT2D eigenvalue weighted by Crippen LogP contribution is 2.24. The predicted molar refractivity (Wildman–Crippen MR) is 67.5 cm³/mol. The van der Waals surface area contributed by atoms with E-state index in [1.807, 2.05) is 19.2 Å². The number of pyridine rings is 1. The minimum absolute atomic E-state index is 0.241. The number of fused-ring (bicyclic) bond motifs is 1. The van der Waals surface area contributed by atoms with E-state index in [9.17, 15) is 4.39 Å². The molecule has 18 heavy (non-hydrogen) atoms. The molecule has 0 unspecified atom stereocenters. The Morgan fingerprint density at radius 2 is 1.94 bits per heavy atom. The Morgan fingerprint density at radius 3 is 2.67 bits per heavy atom. The van der Waals surface area contributed by atoms with E-state index < -0.39 is 0 Å². The summed E-state index contributed by atoms with van der Waals surface area (Å²) in [4.78, 5) is 4.09. The minimum atomic E-state index is -0.248. The van der Waals surface area contributed by atoms with Crippen molar-refractivity contribution < 1.29 is 4.39 Å². The van der Waals surface area contributed by atoms with Crippen molar-refractivity contribution in [1.82, 2.24) is 14.6 Å². The third kappa shape index (κ3) is 1.69. The molecule has 0 saturated carbocycles. The average Bonchev–Trinajstić information content (AvgIpc) is 2.68. The first-order chi connectivity index (χ1) is 8.63. The highest BCUT2D eigenvalue weighted by molar-refractivity contribution is 5.68. The summed E-state index contributed by atoms with van der Waals surface area (Å²) in [7, 11) is 0. The highest BCUT2D eigenvalue weighted by atomic mass is 19.1. The fraction of sp³-hybridized carbons (Fsp3) is 0.0769. The van der Waals surface area contributed by atoms with Crippen LogP contribution in [-0.4, -0.2) is 14.6 Å². The first-order valence-corrected chi connectivity index (χ1v) is 5.52. The monoisotopic (exact) mass is 242 g/mol. The van der Waals surface area contributed by atoms with Crippen molar-refractivity contribution in [2.24, 2.45) is 0 Å². The van der Waals surface area contributed by atoms with E-state index in [0.717, 1.165) is 16.7 Å². The lowest BCUT2D eigenvalue weighted by Crippen LogP contribution is -1.93. The van der Waals surface area contributed by atoms with Gasteiger partial charge in [-0.1, -0.05) is 12.1 Å². The zero-order valence-corrected chi connectivity index (χ0v) is 9.76. The van der Waals surface area contributed by atoms with E-state index in [4.69, 9.17) is 5.73 Å². The molecule has 0 spiro atoms. The van der Waals surface area contributed by atoms with E-state index in [2.05, 4.69) is 10.1 Å². The zero-order chi connectivity index (χ0) is 12.7. The van der Waals surface area contributed by atoms with Gasteiger partial charge < -0.3 is 5.73 Å². The standard InChI is InChI=1S/C13H11FN4/c1-8-6-12-16-13(15)17-18(12)7-11(8)9-2-4-10(14)5-3-9/h2-7H,1H3,(H2,15,17). The largest absolute Gasteiger partial charge is 0.366 e. The van der Waals surface area contributed by atoms with E-state index in [1.54, 1.807) is 16.6 Å². The van der Waals surface area contributed by atoms with Crippen molar-refractivity contribution in [3.63, 3.8) is 0 Å². The molecular formula is C13H11FN4. The van der Waals surface area contributed by atoms with Crippen molar-refractivity contribution in [3.8, 4) is 11.1 Å². The Hall–Kier alpha value is -2.43. The lowest BCUT2D eigenvalue weighted by molar-refractivity contribution is 0.628. The first-order valence-electron chi connectivity index (χ1n) is 5.52. The van der Waals surface area contributed by atoms with Gasteiger partial charge >= 0.3 is 0 Å². The van der Waals surface area contributed by atoms with Crippen LogP contribution in [-0.2, 0) is 0 Å². The highest BCUT2D eigenvalue weighted by Gasteiger charge is 2.07. The van der Waals surface area contributed by atoms with Crippen LogP contribution in [0.4, 0.5) is 10.3 Å². The Kier molecular flexibility index (Phi) is 2.26. The molecule has 0 saturated heterocycles. The van der Waals surface area contributed by atoms with Crippen LogP contribution in [0.25, 0.3) is 16.8 Å². The van der Waals surface area contributed by atoms with Crippen molar-refractivity contribution in [2.75, 3.05) is 5.73 Å². The predicted octanol–water partition coefficient (Wildman–Crippen LogP) is 2.43. The van der Waals surface area contributed by atoms with E-state index >= 15 is 0 Å². The Bertz CT molecular complexity index is 716. The molecule has 0 bridgehead atoms. The van der Waals surface area contributed by atoms with Gasteiger partial charge in [0.2, 0.25) is 5.95 Å². The third-order valence-electron chi connectivity index (χ3n) is 2.85. The summed E-state index contributed by atoms with van der Waals surface area (Å²) in [5, 5.41) is 4.07. The van der Waals surface area contributed by atoms with Crippen LogP contribution < -0.4 is 5.73 Å². The summed E-state index contributed by atoms with van der Waals surface area (Å²) in [5.41, 5.74) is 9.22. The van der Waals surface area contributed by atoms with Gasteiger partial charge in [-0.15, -0.1) is 5.10 Å². The second kappa shape index (κ2) is 3.80. The Labute approximate surface area is 103 Å². The number of benzene rings is 1. The van der Waals surface area contributed by atoms with Crippen molar-refractivity contribution >= 4 is 11.6 Å². The van der Waals surface area contributed by atoms with Crippen LogP contribution in [0, 0.1) is 12.7 Å². The van der Waals surface area contributed by atoms with Crippen LogP contribution in [0.2, 0.25) is 0 Å². The number of anilines is 1. The van der Waals surface area contributed by atoms with Gasteiger partial charge in [0.15, 0.2) is 5.65 Å². The number of hydrogen-bond donors (Lipinski definition) is 1. The van der Waals surface area contributed by atoms with Crippen molar-refractivity contribution in [1.29, 1.82) is 0 Å². The molecule has 3 aromatic rings. The molecule has 0 fully saturated rings. The topological polar surface area (TPSA) is 56.2 Å². The maximum absolute atomic E-state index is 12.9. The molecule has 2 heterocycles. The molecule has 1 aromatic carbocycles. The number of halogens is 1. The SMILES string of the molecule is Cc1cc2nc(N)nn2cc1-c1ccc(F)cc1. The summed E-state index contributed by atoms with van der Waals surface area (Å²) in [5.74, 6) is -0.00635. The summed E-state index contributed by atoms with van der Waals surface area (Å²) in [6, 6.07) is 8.26. The summed E-state index contributed by atoms with van der Waals surface area (Å²) >= 11 is 0. The molecule has 0 aliphatic rings. The fourth-order valence-corrected chi connectivity index (χ4v) is 1.97. The van der Waals surface area contributed by atoms with Gasteiger partial charge in [0.05, 0.1) is 0 Å². The van der Waals surface area contributed by atoms with Crippen molar-refractivity contribution in [3.05, 3.63) is 47.9 Å². The number of nitrogens with two attached hydrogens (primary N) is 1. The summed E-state index contributed by atoms with van der Waals surface area (Å²) in [6.45, 7) is 1.98. The van der Waals surface area contributed by atoms with Crippen molar-refractivity contribution in [2.45, 2.75) is 6.92 Å². The molecule has 0 aliphatic carbocycles. The molecule has 2 aromatic heterocycles. The third-order valence-corrected chi connectivity index (χ3v) is 2.85. The first kappa shape index (κ1) is 10.7. The molecule has 0 radical (unpaired) electrons. The smallest absolute Gasteiger partial charge is 0.240 e. The zero-order valence-electron chi connectivity index (χ0n) is 9.76. The van der Waals surface area contributed by atoms with Crippen LogP contribution in [0.15, 0.2) is 36.5 Å². The maximum Gasteiger partial charge on any atom is 0.240 e. The fourth-order valence-electron chi connectivity index (χ4n) is 1.97. The van der Waals surface area contributed by atoms with Gasteiger partial charge in [0.1, 0.15) is 5.82 Å². The molecule has 2 N–H and O–H groups in total. The van der Waals surface area contributed by atoms with Crippen LogP contribution in [0.5, 0.6) is 0 Å². The van der Waals surface area contributed by atoms with E-state index in [0.29, 0.717) is 5.65 Å². The molecule has 0 amide bonds. The second-order valence-electron chi connectivity index (χ2n) is 4.15. The van der Waals surface area contributed by atoms with Gasteiger partial charge in [0, 0.05) is 11.8 Å². The quantitative estimate of drug-likeness (QED) is 0.713. The van der Waals surface area contributed by atoms with Crippen LogP contribution in [0.3, 0.4) is 0 Å². The van der Waals surface area contributed by atoms with Gasteiger partial charge in [-0.05, 0) is 36.2 Å². The summed E-state index contributed by atoms with van der Waals surface area (Å²) < 4.78 is 14.5. The molecule has 4 nitrogen and oxygen atoms in total. The summed E-state index contributed by atoms with van der Waals surface area (Å²) in [6.07, 6.45) is 1.85. The second-order valence-corrected chi connectivity index (χ2v) is 4.15. The number of nitrogen functional groups attached to an aromatic ring is 1. The van der Waals surface area contributed by atoms with E-state index in [1.165, 1.54) is 12.1 Å². The minimum Gasteiger partial charge on any atom is -0.366 e. The number of nitrogens with zero attached hydrogens (tertiary/aromatic N) is 3. The molecular weight excluding hydrogens is 231 g/mol. The molecule has 90 valence electrons. The lowest BCUT2D eigenvalue weighted by atomic mass is 10.0. The van der Waals surface area contributed by atoms with Crippen LogP contribution >= 0.6 is 0 Å².